The fourth-order valence-corrected chi connectivity index (χ4v) is 2.19. The van der Waals surface area contributed by atoms with Gasteiger partial charge in [-0.05, 0) is 24.6 Å². The maximum Gasteiger partial charge on any atom is 0.416 e. The molecule has 0 aliphatic carbocycles. The van der Waals surface area contributed by atoms with Gasteiger partial charge in [0.15, 0.2) is 5.76 Å². The zero-order chi connectivity index (χ0) is 17.2. The molecule has 4 nitrogen and oxygen atoms in total. The van der Waals surface area contributed by atoms with E-state index < -0.39 is 17.6 Å². The number of benzene rings is 1. The van der Waals surface area contributed by atoms with Crippen LogP contribution in [0, 0.1) is 6.92 Å². The highest BCUT2D eigenvalue weighted by molar-refractivity contribution is 5.96. The molecular weight excluding hydrogens is 309 g/mol. The second-order valence-electron chi connectivity index (χ2n) is 5.54. The Labute approximate surface area is 131 Å². The number of hydrogen-bond acceptors (Lipinski definition) is 3. The van der Waals surface area contributed by atoms with Crippen LogP contribution in [0.15, 0.2) is 28.8 Å². The number of rotatable bonds is 4. The Balaban J connectivity index is 2.13. The summed E-state index contributed by atoms with van der Waals surface area (Å²) in [6.45, 7) is 5.37. The van der Waals surface area contributed by atoms with Crippen LogP contribution in [0.3, 0.4) is 0 Å². The van der Waals surface area contributed by atoms with E-state index in [0.717, 1.165) is 12.1 Å². The van der Waals surface area contributed by atoms with E-state index in [4.69, 9.17) is 4.52 Å². The predicted octanol–water partition coefficient (Wildman–Crippen LogP) is 4.06. The third-order valence-corrected chi connectivity index (χ3v) is 3.35. The highest BCUT2D eigenvalue weighted by Crippen LogP contribution is 2.29. The van der Waals surface area contributed by atoms with Crippen molar-refractivity contribution in [1.29, 1.82) is 0 Å². The van der Waals surface area contributed by atoms with Crippen molar-refractivity contribution in [2.75, 3.05) is 0 Å². The number of carbonyl (C=O) groups excluding carboxylic acids is 1. The van der Waals surface area contributed by atoms with Crippen LogP contribution in [-0.2, 0) is 12.7 Å². The minimum absolute atomic E-state index is 0.00902. The topological polar surface area (TPSA) is 55.1 Å². The summed E-state index contributed by atoms with van der Waals surface area (Å²) < 4.78 is 43.2. The molecular formula is C16H17F3N2O2. The van der Waals surface area contributed by atoms with Gasteiger partial charge in [-0.1, -0.05) is 31.1 Å². The van der Waals surface area contributed by atoms with Crippen molar-refractivity contribution < 1.29 is 22.5 Å². The Morgan fingerprint density at radius 1 is 1.35 bits per heavy atom. The Bertz CT molecular complexity index is 706. The molecule has 1 heterocycles. The largest absolute Gasteiger partial charge is 0.416 e. The standard InChI is InChI=1S/C16H17F3N2O2/c1-9(2)14-13(10(3)21-23-14)15(22)20-8-11-5-4-6-12(7-11)16(17,18)19/h4-7,9H,8H2,1-3H3,(H,20,22). The maximum absolute atomic E-state index is 12.7. The molecule has 124 valence electrons. The molecule has 7 heteroatoms. The van der Waals surface area contributed by atoms with Crippen molar-refractivity contribution in [3.63, 3.8) is 0 Å². The average Bonchev–Trinajstić information content (AvgIpc) is 2.86. The van der Waals surface area contributed by atoms with Gasteiger partial charge in [-0.25, -0.2) is 0 Å². The van der Waals surface area contributed by atoms with Crippen LogP contribution in [-0.4, -0.2) is 11.1 Å². The molecule has 2 aromatic rings. The predicted molar refractivity (Wildman–Crippen MR) is 77.9 cm³/mol. The van der Waals surface area contributed by atoms with Crippen molar-refractivity contribution in [1.82, 2.24) is 10.5 Å². The first kappa shape index (κ1) is 17.1. The number of halogens is 3. The van der Waals surface area contributed by atoms with Crippen molar-refractivity contribution in [2.24, 2.45) is 0 Å². The van der Waals surface area contributed by atoms with Crippen LogP contribution in [0.2, 0.25) is 0 Å². The highest BCUT2D eigenvalue weighted by atomic mass is 19.4. The monoisotopic (exact) mass is 326 g/mol. The molecule has 0 saturated heterocycles. The lowest BCUT2D eigenvalue weighted by molar-refractivity contribution is -0.137. The lowest BCUT2D eigenvalue weighted by Gasteiger charge is -2.10. The molecule has 1 N–H and O–H groups in total. The van der Waals surface area contributed by atoms with Gasteiger partial charge in [0.05, 0.1) is 11.3 Å². The first-order chi connectivity index (χ1) is 10.7. The van der Waals surface area contributed by atoms with E-state index >= 15 is 0 Å². The molecule has 0 fully saturated rings. The fourth-order valence-electron chi connectivity index (χ4n) is 2.19. The number of aryl methyl sites for hydroxylation is 1. The number of aromatic nitrogens is 1. The Hall–Kier alpha value is -2.31. The first-order valence-corrected chi connectivity index (χ1v) is 7.10. The van der Waals surface area contributed by atoms with Crippen LogP contribution in [0.1, 0.15) is 52.7 Å². The van der Waals surface area contributed by atoms with Gasteiger partial charge in [0.1, 0.15) is 5.56 Å². The van der Waals surface area contributed by atoms with Crippen LogP contribution >= 0.6 is 0 Å². The molecule has 0 radical (unpaired) electrons. The summed E-state index contributed by atoms with van der Waals surface area (Å²) >= 11 is 0. The quantitative estimate of drug-likeness (QED) is 0.922. The summed E-state index contributed by atoms with van der Waals surface area (Å²) in [6.07, 6.45) is -4.41. The Morgan fingerprint density at radius 3 is 2.65 bits per heavy atom. The summed E-state index contributed by atoms with van der Waals surface area (Å²) in [6, 6.07) is 4.85. The number of nitrogens with one attached hydrogen (secondary N) is 1. The van der Waals surface area contributed by atoms with E-state index in [1.165, 1.54) is 12.1 Å². The highest BCUT2D eigenvalue weighted by Gasteiger charge is 2.30. The molecule has 1 aromatic carbocycles. The normalized spacial score (nSPS) is 11.8. The lowest BCUT2D eigenvalue weighted by atomic mass is 10.0. The molecule has 0 saturated carbocycles. The van der Waals surface area contributed by atoms with Crippen molar-refractivity contribution >= 4 is 5.91 Å². The van der Waals surface area contributed by atoms with Gasteiger partial charge in [-0.2, -0.15) is 13.2 Å². The lowest BCUT2D eigenvalue weighted by Crippen LogP contribution is -2.24. The van der Waals surface area contributed by atoms with E-state index in [1.807, 2.05) is 13.8 Å². The van der Waals surface area contributed by atoms with E-state index in [1.54, 1.807) is 6.92 Å². The van der Waals surface area contributed by atoms with Crippen LogP contribution in [0.4, 0.5) is 13.2 Å². The Kier molecular flexibility index (Phi) is 4.77. The molecule has 23 heavy (non-hydrogen) atoms. The summed E-state index contributed by atoms with van der Waals surface area (Å²) in [5.41, 5.74) is 0.420. The maximum atomic E-state index is 12.7. The van der Waals surface area contributed by atoms with Gasteiger partial charge in [0.2, 0.25) is 0 Å². The third kappa shape index (κ3) is 3.91. The van der Waals surface area contributed by atoms with E-state index in [0.29, 0.717) is 22.6 Å². The molecule has 1 aromatic heterocycles. The second-order valence-corrected chi connectivity index (χ2v) is 5.54. The van der Waals surface area contributed by atoms with Gasteiger partial charge >= 0.3 is 6.18 Å². The van der Waals surface area contributed by atoms with Crippen LogP contribution < -0.4 is 5.32 Å². The van der Waals surface area contributed by atoms with Gasteiger partial charge in [-0.3, -0.25) is 4.79 Å². The minimum Gasteiger partial charge on any atom is -0.360 e. The number of hydrogen-bond donors (Lipinski definition) is 1. The van der Waals surface area contributed by atoms with E-state index in [9.17, 15) is 18.0 Å². The van der Waals surface area contributed by atoms with E-state index in [2.05, 4.69) is 10.5 Å². The smallest absolute Gasteiger partial charge is 0.360 e. The summed E-state index contributed by atoms with van der Waals surface area (Å²) in [7, 11) is 0. The molecule has 2 rings (SSSR count). The van der Waals surface area contributed by atoms with Crippen LogP contribution in [0.5, 0.6) is 0 Å². The van der Waals surface area contributed by atoms with Crippen LogP contribution in [0.25, 0.3) is 0 Å². The molecule has 0 aliphatic rings. The molecule has 0 atom stereocenters. The van der Waals surface area contributed by atoms with Crippen molar-refractivity contribution in [3.05, 3.63) is 52.4 Å². The minimum atomic E-state index is -4.41. The number of carbonyl (C=O) groups is 1. The van der Waals surface area contributed by atoms with Gasteiger partial charge in [0.25, 0.3) is 5.91 Å². The molecule has 0 aliphatic heterocycles. The summed E-state index contributed by atoms with van der Waals surface area (Å²) in [4.78, 5) is 12.3. The molecule has 1 amide bonds. The number of alkyl halides is 3. The molecule has 0 unspecified atom stereocenters. The first-order valence-electron chi connectivity index (χ1n) is 7.10. The van der Waals surface area contributed by atoms with Gasteiger partial charge in [0, 0.05) is 12.5 Å². The summed E-state index contributed by atoms with van der Waals surface area (Å²) in [5.74, 6) is 0.0272. The molecule has 0 bridgehead atoms. The van der Waals surface area contributed by atoms with Crippen molar-refractivity contribution in [2.45, 2.75) is 39.4 Å². The second kappa shape index (κ2) is 6.44. The summed E-state index contributed by atoms with van der Waals surface area (Å²) in [5, 5.41) is 6.39. The third-order valence-electron chi connectivity index (χ3n) is 3.35. The molecule has 0 spiro atoms. The zero-order valence-corrected chi connectivity index (χ0v) is 13.0. The van der Waals surface area contributed by atoms with Gasteiger partial charge < -0.3 is 9.84 Å². The Morgan fingerprint density at radius 2 is 2.04 bits per heavy atom. The average molecular weight is 326 g/mol. The fraction of sp³-hybridized carbons (Fsp3) is 0.375. The number of nitrogens with zero attached hydrogens (tertiary/aromatic N) is 1. The zero-order valence-electron chi connectivity index (χ0n) is 13.0. The number of amides is 1. The van der Waals surface area contributed by atoms with E-state index in [-0.39, 0.29) is 12.5 Å². The van der Waals surface area contributed by atoms with Crippen molar-refractivity contribution in [3.8, 4) is 0 Å². The van der Waals surface area contributed by atoms with Gasteiger partial charge in [-0.15, -0.1) is 0 Å². The SMILES string of the molecule is Cc1noc(C(C)C)c1C(=O)NCc1cccc(C(F)(F)F)c1.